The maximum absolute atomic E-state index is 6.27. The van der Waals surface area contributed by atoms with Crippen LogP contribution in [0.4, 0.5) is 0 Å². The topological polar surface area (TPSA) is 53.6 Å². The molecule has 1 saturated heterocycles. The Bertz CT molecular complexity index is 567. The van der Waals surface area contributed by atoms with E-state index in [1.54, 1.807) is 0 Å². The minimum absolute atomic E-state index is 0. The van der Waals surface area contributed by atoms with Gasteiger partial charge in [-0.2, -0.15) is 0 Å². The largest absolute Gasteiger partial charge is 0.370 e. The monoisotopic (exact) mass is 490 g/mol. The van der Waals surface area contributed by atoms with Crippen molar-refractivity contribution in [2.75, 3.05) is 19.6 Å². The summed E-state index contributed by atoms with van der Waals surface area (Å²) in [5, 5.41) is 4.28. The summed E-state index contributed by atoms with van der Waals surface area (Å²) in [5.74, 6) is 1.29. The first-order valence-electron chi connectivity index (χ1n) is 9.73. The van der Waals surface area contributed by atoms with Crippen molar-refractivity contribution in [3.8, 4) is 0 Å². The van der Waals surface area contributed by atoms with Crippen LogP contribution in [0.5, 0.6) is 0 Å². The summed E-state index contributed by atoms with van der Waals surface area (Å²) in [7, 11) is 0. The first-order valence-corrected chi connectivity index (χ1v) is 10.1. The van der Waals surface area contributed by atoms with Gasteiger partial charge in [0.05, 0.1) is 0 Å². The zero-order valence-corrected chi connectivity index (χ0v) is 18.6. The van der Waals surface area contributed by atoms with Crippen LogP contribution in [0, 0.1) is 5.92 Å². The first-order chi connectivity index (χ1) is 12.2. The van der Waals surface area contributed by atoms with Gasteiger partial charge in [-0.3, -0.25) is 9.89 Å². The Hall–Kier alpha value is -0.530. The molecule has 6 heteroatoms. The second-order valence-electron chi connectivity index (χ2n) is 7.52. The van der Waals surface area contributed by atoms with E-state index in [1.165, 1.54) is 50.5 Å². The van der Waals surface area contributed by atoms with Crippen LogP contribution in [0.15, 0.2) is 29.3 Å². The van der Waals surface area contributed by atoms with E-state index in [9.17, 15) is 0 Å². The first kappa shape index (κ1) is 21.8. The molecular weight excluding hydrogens is 459 g/mol. The van der Waals surface area contributed by atoms with E-state index in [0.717, 1.165) is 31.2 Å². The highest BCUT2D eigenvalue weighted by atomic mass is 127. The molecule has 2 aliphatic rings. The molecule has 0 atom stereocenters. The summed E-state index contributed by atoms with van der Waals surface area (Å²) in [5.41, 5.74) is 7.31. The Labute approximate surface area is 180 Å². The average molecular weight is 491 g/mol. The van der Waals surface area contributed by atoms with E-state index in [2.05, 4.69) is 27.3 Å². The minimum Gasteiger partial charge on any atom is -0.370 e. The van der Waals surface area contributed by atoms with Crippen LogP contribution < -0.4 is 11.1 Å². The van der Waals surface area contributed by atoms with Crippen molar-refractivity contribution in [3.63, 3.8) is 0 Å². The smallest absolute Gasteiger partial charge is 0.188 e. The van der Waals surface area contributed by atoms with Crippen LogP contribution in [0.3, 0.4) is 0 Å². The molecule has 1 aromatic carbocycles. The number of hydrogen-bond donors (Lipinski definition) is 2. The lowest BCUT2D eigenvalue weighted by atomic mass is 9.95. The molecule has 0 bridgehead atoms. The molecular formula is C20H32ClIN4. The number of guanidine groups is 1. The summed E-state index contributed by atoms with van der Waals surface area (Å²) in [4.78, 5) is 7.10. The van der Waals surface area contributed by atoms with E-state index in [-0.39, 0.29) is 24.0 Å². The van der Waals surface area contributed by atoms with Crippen LogP contribution in [0.25, 0.3) is 0 Å². The number of benzene rings is 1. The van der Waals surface area contributed by atoms with Gasteiger partial charge in [0.1, 0.15) is 0 Å². The molecule has 1 aliphatic carbocycles. The van der Waals surface area contributed by atoms with Gasteiger partial charge in [-0.25, -0.2) is 0 Å². The van der Waals surface area contributed by atoms with Crippen LogP contribution in [0.1, 0.15) is 50.5 Å². The number of hydrogen-bond acceptors (Lipinski definition) is 2. The summed E-state index contributed by atoms with van der Waals surface area (Å²) >= 11 is 6.27. The lowest BCUT2D eigenvalue weighted by Crippen LogP contribution is -2.41. The summed E-state index contributed by atoms with van der Waals surface area (Å²) in [6, 6.07) is 8.68. The van der Waals surface area contributed by atoms with Crippen LogP contribution in [-0.4, -0.2) is 36.5 Å². The molecule has 0 aromatic heterocycles. The Kier molecular flexibility index (Phi) is 9.50. The van der Waals surface area contributed by atoms with Gasteiger partial charge in [-0.05, 0) is 56.3 Å². The van der Waals surface area contributed by atoms with E-state index >= 15 is 0 Å². The second kappa shape index (κ2) is 11.3. The van der Waals surface area contributed by atoms with Crippen molar-refractivity contribution < 1.29 is 0 Å². The van der Waals surface area contributed by atoms with Gasteiger partial charge in [0.25, 0.3) is 0 Å². The number of piperidine rings is 1. The molecule has 1 heterocycles. The Morgan fingerprint density at radius 2 is 1.81 bits per heavy atom. The third-order valence-corrected chi connectivity index (χ3v) is 5.90. The predicted octanol–water partition coefficient (Wildman–Crippen LogP) is 4.41. The van der Waals surface area contributed by atoms with Gasteiger partial charge in [-0.1, -0.05) is 49.1 Å². The molecule has 26 heavy (non-hydrogen) atoms. The highest BCUT2D eigenvalue weighted by molar-refractivity contribution is 14.0. The number of rotatable bonds is 5. The van der Waals surface area contributed by atoms with Gasteiger partial charge in [0.2, 0.25) is 0 Å². The number of aliphatic imine (C=N–C) groups is 1. The predicted molar refractivity (Wildman–Crippen MR) is 121 cm³/mol. The molecule has 0 unspecified atom stereocenters. The van der Waals surface area contributed by atoms with Crippen LogP contribution >= 0.6 is 35.6 Å². The summed E-state index contributed by atoms with van der Waals surface area (Å²) < 4.78 is 0. The molecule has 0 spiro atoms. The Morgan fingerprint density at radius 1 is 1.12 bits per heavy atom. The number of halogens is 2. The standard InChI is InChI=1S/C20H31ClN4.HI/c21-19-9-5-4-6-17(19)15-25-12-10-16(11-13-25)14-23-20(22)24-18-7-2-1-3-8-18;/h4-6,9,16,18H,1-3,7-8,10-15H2,(H3,22,23,24);1H. The van der Waals surface area contributed by atoms with E-state index < -0.39 is 0 Å². The molecule has 4 nitrogen and oxygen atoms in total. The third-order valence-electron chi connectivity index (χ3n) is 5.54. The molecule has 3 N–H and O–H groups in total. The van der Waals surface area contributed by atoms with Gasteiger partial charge in [-0.15, -0.1) is 24.0 Å². The van der Waals surface area contributed by atoms with E-state index in [0.29, 0.717) is 17.9 Å². The Balaban J connectivity index is 0.00000243. The van der Waals surface area contributed by atoms with Gasteiger partial charge >= 0.3 is 0 Å². The maximum atomic E-state index is 6.27. The fraction of sp³-hybridized carbons (Fsp3) is 0.650. The van der Waals surface area contributed by atoms with E-state index in [4.69, 9.17) is 17.3 Å². The number of nitrogens with zero attached hydrogens (tertiary/aromatic N) is 2. The number of nitrogens with two attached hydrogens (primary N) is 1. The quantitative estimate of drug-likeness (QED) is 0.365. The average Bonchev–Trinajstić information content (AvgIpc) is 2.64. The van der Waals surface area contributed by atoms with Crippen molar-refractivity contribution in [2.24, 2.45) is 16.6 Å². The lowest BCUT2D eigenvalue weighted by Gasteiger charge is -2.31. The Morgan fingerprint density at radius 3 is 2.50 bits per heavy atom. The second-order valence-corrected chi connectivity index (χ2v) is 7.92. The minimum atomic E-state index is 0. The molecule has 0 radical (unpaired) electrons. The molecule has 146 valence electrons. The van der Waals surface area contributed by atoms with Gasteiger partial charge in [0, 0.05) is 24.2 Å². The highest BCUT2D eigenvalue weighted by Crippen LogP contribution is 2.22. The molecule has 1 aliphatic heterocycles. The fourth-order valence-electron chi connectivity index (χ4n) is 3.92. The van der Waals surface area contributed by atoms with Gasteiger partial charge < -0.3 is 11.1 Å². The molecule has 1 aromatic rings. The summed E-state index contributed by atoms with van der Waals surface area (Å²) in [6.45, 7) is 4.02. The van der Waals surface area contributed by atoms with Gasteiger partial charge in [0.15, 0.2) is 5.96 Å². The van der Waals surface area contributed by atoms with Crippen molar-refractivity contribution >= 4 is 41.5 Å². The number of nitrogens with one attached hydrogen (secondary N) is 1. The zero-order chi connectivity index (χ0) is 17.5. The summed E-state index contributed by atoms with van der Waals surface area (Å²) in [6.07, 6.45) is 8.83. The zero-order valence-electron chi connectivity index (χ0n) is 15.5. The van der Waals surface area contributed by atoms with Crippen molar-refractivity contribution in [2.45, 2.75) is 57.5 Å². The maximum Gasteiger partial charge on any atom is 0.188 e. The molecule has 1 saturated carbocycles. The fourth-order valence-corrected chi connectivity index (χ4v) is 4.12. The van der Waals surface area contributed by atoms with Crippen LogP contribution in [-0.2, 0) is 6.54 Å². The van der Waals surface area contributed by atoms with Crippen LogP contribution in [0.2, 0.25) is 5.02 Å². The third kappa shape index (κ3) is 6.89. The van der Waals surface area contributed by atoms with Crippen molar-refractivity contribution in [1.82, 2.24) is 10.2 Å². The van der Waals surface area contributed by atoms with E-state index in [1.807, 2.05) is 12.1 Å². The highest BCUT2D eigenvalue weighted by Gasteiger charge is 2.20. The van der Waals surface area contributed by atoms with Crippen molar-refractivity contribution in [1.29, 1.82) is 0 Å². The SMILES string of the molecule is I.NC(=NCC1CCN(Cc2ccccc2Cl)CC1)NC1CCCCC1. The normalized spacial score (nSPS) is 20.6. The van der Waals surface area contributed by atoms with Crippen molar-refractivity contribution in [3.05, 3.63) is 34.9 Å². The molecule has 0 amide bonds. The lowest BCUT2D eigenvalue weighted by molar-refractivity contribution is 0.180. The molecule has 2 fully saturated rings. The molecule has 3 rings (SSSR count). The number of likely N-dealkylation sites (tertiary alicyclic amines) is 1.